The minimum absolute atomic E-state index is 0. The number of aryl methyl sites for hydroxylation is 1. The normalized spacial score (nSPS) is 8.22. The second-order valence-corrected chi connectivity index (χ2v) is 2.74. The lowest BCUT2D eigenvalue weighted by Gasteiger charge is -1.85. The number of halogens is 2. The summed E-state index contributed by atoms with van der Waals surface area (Å²) in [5.41, 5.74) is 0. The van der Waals surface area contributed by atoms with Crippen molar-refractivity contribution in [3.63, 3.8) is 0 Å². The molecule has 0 fully saturated rings. The second-order valence-electron chi connectivity index (χ2n) is 1.63. The Balaban J connectivity index is 0.000000640. The molecule has 0 amide bonds. The highest BCUT2D eigenvalue weighted by Gasteiger charge is 1.94. The molecule has 0 bridgehead atoms. The van der Waals surface area contributed by atoms with Crippen molar-refractivity contribution in [2.45, 2.75) is 0 Å². The van der Waals surface area contributed by atoms with Crippen LogP contribution in [0.1, 0.15) is 0 Å². The first-order chi connectivity index (χ1) is 3.80. The molecule has 0 N–H and O–H groups in total. The lowest BCUT2D eigenvalue weighted by molar-refractivity contribution is -0.684. The minimum atomic E-state index is 0. The maximum Gasteiger partial charge on any atom is 0.240 e. The van der Waals surface area contributed by atoms with Crippen LogP contribution in [0.2, 0.25) is 0 Å². The summed E-state index contributed by atoms with van der Waals surface area (Å²) in [5.74, 6) is 0. The lowest BCUT2D eigenvalue weighted by atomic mass is 10.5. The number of hydrogen-bond donors (Lipinski definition) is 0. The highest BCUT2D eigenvalue weighted by atomic mass is 127. The van der Waals surface area contributed by atoms with Gasteiger partial charge in [0.05, 0.1) is 0 Å². The first kappa shape index (κ1) is 9.36. The lowest BCUT2D eigenvalue weighted by Crippen LogP contribution is -3.00. The van der Waals surface area contributed by atoms with E-state index in [-0.39, 0.29) is 17.0 Å². The molecule has 1 rings (SSSR count). The molecule has 50 valence electrons. The van der Waals surface area contributed by atoms with Gasteiger partial charge in [-0.2, -0.15) is 4.57 Å². The predicted octanol–water partition coefficient (Wildman–Crippen LogP) is -1.88. The first-order valence-corrected chi connectivity index (χ1v) is 3.49. The van der Waals surface area contributed by atoms with Gasteiger partial charge in [-0.15, -0.1) is 0 Å². The summed E-state index contributed by atoms with van der Waals surface area (Å²) < 4.78 is 3.32. The molecular formula is C6H7BrIN. The van der Waals surface area contributed by atoms with Crippen LogP contribution in [0.3, 0.4) is 0 Å². The van der Waals surface area contributed by atoms with E-state index in [1.807, 2.05) is 25.4 Å². The van der Waals surface area contributed by atoms with Crippen molar-refractivity contribution in [2.75, 3.05) is 0 Å². The smallest absolute Gasteiger partial charge is 0.240 e. The molecule has 1 nitrogen and oxygen atoms in total. The van der Waals surface area contributed by atoms with Gasteiger partial charge in [0, 0.05) is 34.7 Å². The molecule has 0 spiro atoms. The third-order valence-electron chi connectivity index (χ3n) is 0.991. The average molecular weight is 300 g/mol. The average Bonchev–Trinajstić information content (AvgIpc) is 1.77. The topological polar surface area (TPSA) is 3.88 Å². The van der Waals surface area contributed by atoms with Crippen molar-refractivity contribution in [1.29, 1.82) is 0 Å². The van der Waals surface area contributed by atoms with Crippen LogP contribution in [-0.4, -0.2) is 0 Å². The van der Waals surface area contributed by atoms with E-state index < -0.39 is 0 Å². The summed E-state index contributed by atoms with van der Waals surface area (Å²) in [5, 5.41) is 0. The SMILES string of the molecule is C[n+]1ccccc1I.[Br-]. The van der Waals surface area contributed by atoms with Crippen LogP contribution in [-0.2, 0) is 7.05 Å². The molecule has 0 unspecified atom stereocenters. The highest BCUT2D eigenvalue weighted by Crippen LogP contribution is 1.92. The van der Waals surface area contributed by atoms with Gasteiger partial charge < -0.3 is 17.0 Å². The van der Waals surface area contributed by atoms with E-state index in [1.54, 1.807) is 0 Å². The number of nitrogens with zero attached hydrogens (tertiary/aromatic N) is 1. The first-order valence-electron chi connectivity index (χ1n) is 2.41. The van der Waals surface area contributed by atoms with Gasteiger partial charge in [0.1, 0.15) is 7.05 Å². The maximum atomic E-state index is 2.29. The van der Waals surface area contributed by atoms with Gasteiger partial charge in [-0.05, 0) is 6.07 Å². The number of rotatable bonds is 0. The molecule has 3 heteroatoms. The Bertz CT molecular complexity index is 169. The molecule has 0 atom stereocenters. The molecule has 0 saturated carbocycles. The van der Waals surface area contributed by atoms with Gasteiger partial charge in [0.25, 0.3) is 0 Å². The summed E-state index contributed by atoms with van der Waals surface area (Å²) in [6.45, 7) is 0. The minimum Gasteiger partial charge on any atom is -1.00 e. The Morgan fingerprint density at radius 1 is 1.44 bits per heavy atom. The predicted molar refractivity (Wildman–Crippen MR) is 40.3 cm³/mol. The van der Waals surface area contributed by atoms with Gasteiger partial charge >= 0.3 is 0 Å². The summed E-state index contributed by atoms with van der Waals surface area (Å²) >= 11 is 2.29. The molecule has 1 heterocycles. The van der Waals surface area contributed by atoms with Crippen molar-refractivity contribution in [3.8, 4) is 0 Å². The molecule has 1 aromatic rings. The Kier molecular flexibility index (Phi) is 4.39. The quantitative estimate of drug-likeness (QED) is 0.300. The standard InChI is InChI=1S/C6H7IN.BrH/c1-8-5-3-2-4-6(8)7;/h2-5H,1H3;1H/q+1;/p-1. The summed E-state index contributed by atoms with van der Waals surface area (Å²) in [4.78, 5) is 0. The van der Waals surface area contributed by atoms with E-state index in [0.717, 1.165) is 0 Å². The Labute approximate surface area is 79.0 Å². The number of pyridine rings is 1. The van der Waals surface area contributed by atoms with Gasteiger partial charge in [-0.25, -0.2) is 0 Å². The Hall–Kier alpha value is 0.360. The molecule has 9 heavy (non-hydrogen) atoms. The van der Waals surface area contributed by atoms with Crippen LogP contribution in [0, 0.1) is 3.70 Å². The number of hydrogen-bond acceptors (Lipinski definition) is 0. The summed E-state index contributed by atoms with van der Waals surface area (Å²) in [6, 6.07) is 6.12. The van der Waals surface area contributed by atoms with E-state index in [0.29, 0.717) is 0 Å². The molecule has 1 aromatic heterocycles. The Morgan fingerprint density at radius 2 is 2.11 bits per heavy atom. The summed E-state index contributed by atoms with van der Waals surface area (Å²) in [7, 11) is 2.03. The van der Waals surface area contributed by atoms with Gasteiger partial charge in [0.15, 0.2) is 6.20 Å². The molecule has 0 radical (unpaired) electrons. The zero-order valence-electron chi connectivity index (χ0n) is 5.01. The van der Waals surface area contributed by atoms with E-state index in [4.69, 9.17) is 0 Å². The molecule has 0 aliphatic heterocycles. The fraction of sp³-hybridized carbons (Fsp3) is 0.167. The van der Waals surface area contributed by atoms with Gasteiger partial charge in [0.2, 0.25) is 3.70 Å². The van der Waals surface area contributed by atoms with Gasteiger partial charge in [-0.3, -0.25) is 0 Å². The van der Waals surface area contributed by atoms with Crippen molar-refractivity contribution < 1.29 is 21.5 Å². The molecular weight excluding hydrogens is 293 g/mol. The van der Waals surface area contributed by atoms with Crippen molar-refractivity contribution >= 4 is 22.6 Å². The van der Waals surface area contributed by atoms with E-state index in [1.165, 1.54) is 3.70 Å². The third-order valence-corrected chi connectivity index (χ3v) is 2.11. The van der Waals surface area contributed by atoms with E-state index >= 15 is 0 Å². The fourth-order valence-electron chi connectivity index (χ4n) is 0.503. The van der Waals surface area contributed by atoms with Crippen LogP contribution in [0.25, 0.3) is 0 Å². The fourth-order valence-corrected chi connectivity index (χ4v) is 0.871. The molecule has 0 saturated heterocycles. The van der Waals surface area contributed by atoms with Gasteiger partial charge in [-0.1, -0.05) is 0 Å². The highest BCUT2D eigenvalue weighted by molar-refractivity contribution is 14.1. The Morgan fingerprint density at radius 3 is 2.44 bits per heavy atom. The largest absolute Gasteiger partial charge is 1.00 e. The zero-order valence-corrected chi connectivity index (χ0v) is 8.76. The van der Waals surface area contributed by atoms with E-state index in [2.05, 4.69) is 33.2 Å². The van der Waals surface area contributed by atoms with Crippen LogP contribution in [0.4, 0.5) is 0 Å². The third kappa shape index (κ3) is 2.62. The molecule has 0 aliphatic carbocycles. The van der Waals surface area contributed by atoms with E-state index in [9.17, 15) is 0 Å². The maximum absolute atomic E-state index is 2.29. The van der Waals surface area contributed by atoms with Crippen LogP contribution in [0.15, 0.2) is 24.4 Å². The molecule has 0 aromatic carbocycles. The molecule has 0 aliphatic rings. The van der Waals surface area contributed by atoms with Crippen molar-refractivity contribution in [2.24, 2.45) is 7.05 Å². The van der Waals surface area contributed by atoms with Crippen LogP contribution < -0.4 is 21.5 Å². The van der Waals surface area contributed by atoms with Crippen molar-refractivity contribution in [3.05, 3.63) is 28.1 Å². The monoisotopic (exact) mass is 299 g/mol. The number of aromatic nitrogens is 1. The second kappa shape index (κ2) is 4.22. The van der Waals surface area contributed by atoms with Crippen LogP contribution in [0.5, 0.6) is 0 Å². The summed E-state index contributed by atoms with van der Waals surface area (Å²) in [6.07, 6.45) is 2.03. The van der Waals surface area contributed by atoms with Crippen LogP contribution >= 0.6 is 22.6 Å². The zero-order chi connectivity index (χ0) is 5.98. The van der Waals surface area contributed by atoms with Crippen molar-refractivity contribution in [1.82, 2.24) is 0 Å².